The van der Waals surface area contributed by atoms with Gasteiger partial charge in [0.15, 0.2) is 6.10 Å². The van der Waals surface area contributed by atoms with Crippen LogP contribution in [-0.4, -0.2) is 27.8 Å². The van der Waals surface area contributed by atoms with Crippen LogP contribution in [0.5, 0.6) is 0 Å². The molecule has 0 saturated heterocycles. The first-order chi connectivity index (χ1) is 11.5. The number of esters is 1. The van der Waals surface area contributed by atoms with E-state index in [-0.39, 0.29) is 21.5 Å². The van der Waals surface area contributed by atoms with Crippen LogP contribution in [0.3, 0.4) is 0 Å². The molecule has 0 aliphatic carbocycles. The van der Waals surface area contributed by atoms with E-state index in [1.54, 1.807) is 6.20 Å². The number of H-pyrrole nitrogens is 1. The Morgan fingerprint density at radius 2 is 2.00 bits per heavy atom. The standard InChI is InChI=1S/C17H12Cl2N2O3/c1-9(24-17(23)10-6-13(18)16(19)21-7-10)15(22)12-8-20-14-5-3-2-4-11(12)14/h2-9,20H,1H3/t9-/m0/s1. The molecule has 0 aliphatic rings. The van der Waals surface area contributed by atoms with Gasteiger partial charge in [-0.15, -0.1) is 0 Å². The number of nitrogens with zero attached hydrogens (tertiary/aromatic N) is 1. The Kier molecular flexibility index (Phi) is 4.55. The fraction of sp³-hybridized carbons (Fsp3) is 0.118. The van der Waals surface area contributed by atoms with Gasteiger partial charge in [-0.25, -0.2) is 9.78 Å². The molecule has 0 bridgehead atoms. The second kappa shape index (κ2) is 6.63. The largest absolute Gasteiger partial charge is 0.451 e. The normalized spacial score (nSPS) is 12.1. The number of hydrogen-bond acceptors (Lipinski definition) is 4. The Labute approximate surface area is 147 Å². The van der Waals surface area contributed by atoms with Gasteiger partial charge < -0.3 is 9.72 Å². The van der Waals surface area contributed by atoms with Crippen LogP contribution in [0.15, 0.2) is 42.7 Å². The van der Waals surface area contributed by atoms with Crippen molar-refractivity contribution in [3.8, 4) is 0 Å². The minimum absolute atomic E-state index is 0.0936. The molecule has 0 saturated carbocycles. The molecule has 1 N–H and O–H groups in total. The second-order valence-corrected chi connectivity index (χ2v) is 5.92. The monoisotopic (exact) mass is 362 g/mol. The minimum atomic E-state index is -0.953. The Morgan fingerprint density at radius 1 is 1.25 bits per heavy atom. The van der Waals surface area contributed by atoms with Gasteiger partial charge in [0.25, 0.3) is 0 Å². The molecule has 2 heterocycles. The van der Waals surface area contributed by atoms with E-state index in [1.165, 1.54) is 19.2 Å². The highest BCUT2D eigenvalue weighted by molar-refractivity contribution is 6.41. The summed E-state index contributed by atoms with van der Waals surface area (Å²) in [6.07, 6.45) is 1.91. The van der Waals surface area contributed by atoms with Crippen molar-refractivity contribution in [3.05, 3.63) is 64.0 Å². The van der Waals surface area contributed by atoms with Gasteiger partial charge in [0.05, 0.1) is 10.6 Å². The third-order valence-corrected chi connectivity index (χ3v) is 4.23. The second-order valence-electron chi connectivity index (χ2n) is 5.16. The van der Waals surface area contributed by atoms with Crippen LogP contribution >= 0.6 is 23.2 Å². The van der Waals surface area contributed by atoms with Crippen molar-refractivity contribution in [3.63, 3.8) is 0 Å². The van der Waals surface area contributed by atoms with Gasteiger partial charge in [-0.05, 0) is 19.1 Å². The van der Waals surface area contributed by atoms with Crippen molar-refractivity contribution in [2.45, 2.75) is 13.0 Å². The molecule has 7 heteroatoms. The maximum atomic E-state index is 12.5. The smallest absolute Gasteiger partial charge is 0.340 e. The molecular formula is C17H12Cl2N2O3. The third-order valence-electron chi connectivity index (χ3n) is 3.54. The first-order valence-corrected chi connectivity index (χ1v) is 7.85. The molecule has 0 spiro atoms. The van der Waals surface area contributed by atoms with Crippen molar-refractivity contribution < 1.29 is 14.3 Å². The molecule has 0 fully saturated rings. The Hall–Kier alpha value is -2.37. The van der Waals surface area contributed by atoms with Crippen molar-refractivity contribution in [1.29, 1.82) is 0 Å². The summed E-state index contributed by atoms with van der Waals surface area (Å²) in [6.45, 7) is 1.52. The first-order valence-electron chi connectivity index (χ1n) is 7.09. The van der Waals surface area contributed by atoms with Crippen LogP contribution in [0.1, 0.15) is 27.6 Å². The van der Waals surface area contributed by atoms with Crippen molar-refractivity contribution >= 4 is 45.9 Å². The van der Waals surface area contributed by atoms with Gasteiger partial charge in [-0.3, -0.25) is 4.79 Å². The molecule has 0 amide bonds. The number of nitrogens with one attached hydrogen (secondary N) is 1. The van der Waals surface area contributed by atoms with Gasteiger partial charge >= 0.3 is 5.97 Å². The molecule has 3 aromatic rings. The Bertz CT molecular complexity index is 936. The number of ketones is 1. The van der Waals surface area contributed by atoms with Gasteiger partial charge in [0, 0.05) is 28.9 Å². The summed E-state index contributed by atoms with van der Waals surface area (Å²) in [5.74, 6) is -0.990. The first kappa shape index (κ1) is 16.5. The summed E-state index contributed by atoms with van der Waals surface area (Å²) >= 11 is 11.5. The minimum Gasteiger partial charge on any atom is -0.451 e. The van der Waals surface area contributed by atoms with Gasteiger partial charge in [-0.1, -0.05) is 41.4 Å². The Balaban J connectivity index is 1.78. The summed E-state index contributed by atoms with van der Waals surface area (Å²) in [5, 5.41) is 1.01. The lowest BCUT2D eigenvalue weighted by molar-refractivity contribution is 0.0319. The van der Waals surface area contributed by atoms with E-state index in [4.69, 9.17) is 27.9 Å². The topological polar surface area (TPSA) is 72.0 Å². The lowest BCUT2D eigenvalue weighted by Crippen LogP contribution is -2.24. The van der Waals surface area contributed by atoms with Crippen LogP contribution in [-0.2, 0) is 4.74 Å². The number of pyridine rings is 1. The van der Waals surface area contributed by atoms with Crippen molar-refractivity contribution in [1.82, 2.24) is 9.97 Å². The highest BCUT2D eigenvalue weighted by Crippen LogP contribution is 2.22. The molecule has 1 aromatic carbocycles. The lowest BCUT2D eigenvalue weighted by Gasteiger charge is -2.12. The number of halogens is 2. The van der Waals surface area contributed by atoms with Crippen LogP contribution in [0.25, 0.3) is 10.9 Å². The zero-order valence-corrected chi connectivity index (χ0v) is 14.1. The van der Waals surface area contributed by atoms with E-state index in [9.17, 15) is 9.59 Å². The van der Waals surface area contributed by atoms with E-state index < -0.39 is 12.1 Å². The number of hydrogen-bond donors (Lipinski definition) is 1. The van der Waals surface area contributed by atoms with E-state index in [0.29, 0.717) is 5.56 Å². The quantitative estimate of drug-likeness (QED) is 0.426. The molecule has 5 nitrogen and oxygen atoms in total. The van der Waals surface area contributed by atoms with Crippen LogP contribution in [0, 0.1) is 0 Å². The molecular weight excluding hydrogens is 351 g/mol. The molecule has 122 valence electrons. The number of aromatic nitrogens is 2. The predicted molar refractivity (Wildman–Crippen MR) is 91.8 cm³/mol. The Morgan fingerprint density at radius 3 is 2.75 bits per heavy atom. The molecule has 3 rings (SSSR count). The van der Waals surface area contributed by atoms with Crippen molar-refractivity contribution in [2.75, 3.05) is 0 Å². The van der Waals surface area contributed by atoms with Crippen LogP contribution in [0.2, 0.25) is 10.2 Å². The van der Waals surface area contributed by atoms with Crippen molar-refractivity contribution in [2.24, 2.45) is 0 Å². The van der Waals surface area contributed by atoms with Crippen LogP contribution < -0.4 is 0 Å². The predicted octanol–water partition coefficient (Wildman–Crippen LogP) is 4.30. The molecule has 0 aliphatic heterocycles. The summed E-state index contributed by atoms with van der Waals surface area (Å²) in [4.78, 5) is 31.5. The zero-order valence-electron chi connectivity index (χ0n) is 12.5. The highest BCUT2D eigenvalue weighted by atomic mass is 35.5. The number of Topliss-reactive ketones (excluding diaryl/α,β-unsaturated/α-hetero) is 1. The molecule has 2 aromatic heterocycles. The summed E-state index contributed by atoms with van der Waals surface area (Å²) in [5.41, 5.74) is 1.44. The number of para-hydroxylation sites is 1. The number of rotatable bonds is 4. The number of carbonyl (C=O) groups is 2. The van der Waals surface area contributed by atoms with Gasteiger partial charge in [-0.2, -0.15) is 0 Å². The average Bonchev–Trinajstić information content (AvgIpc) is 3.00. The fourth-order valence-electron chi connectivity index (χ4n) is 2.31. The number of benzene rings is 1. The number of carbonyl (C=O) groups excluding carboxylic acids is 2. The highest BCUT2D eigenvalue weighted by Gasteiger charge is 2.23. The summed E-state index contributed by atoms with van der Waals surface area (Å²) < 4.78 is 5.22. The number of ether oxygens (including phenoxy) is 1. The fourth-order valence-corrected chi connectivity index (χ4v) is 2.58. The number of aromatic amines is 1. The molecule has 24 heavy (non-hydrogen) atoms. The zero-order chi connectivity index (χ0) is 17.3. The van der Waals surface area contributed by atoms with Gasteiger partial charge in [0.2, 0.25) is 5.78 Å². The van der Waals surface area contributed by atoms with E-state index in [0.717, 1.165) is 10.9 Å². The number of fused-ring (bicyclic) bond motifs is 1. The summed E-state index contributed by atoms with van der Waals surface area (Å²) in [6, 6.07) is 8.75. The summed E-state index contributed by atoms with van der Waals surface area (Å²) in [7, 11) is 0. The maximum absolute atomic E-state index is 12.5. The SMILES string of the molecule is C[C@H](OC(=O)c1cnc(Cl)c(Cl)c1)C(=O)c1c[nH]c2ccccc12. The lowest BCUT2D eigenvalue weighted by atomic mass is 10.1. The van der Waals surface area contributed by atoms with E-state index in [2.05, 4.69) is 9.97 Å². The van der Waals surface area contributed by atoms with Crippen LogP contribution in [0.4, 0.5) is 0 Å². The molecule has 0 radical (unpaired) electrons. The average molecular weight is 363 g/mol. The third kappa shape index (κ3) is 3.13. The van der Waals surface area contributed by atoms with E-state index >= 15 is 0 Å². The molecule has 0 unspecified atom stereocenters. The molecule has 1 atom stereocenters. The van der Waals surface area contributed by atoms with Gasteiger partial charge in [0.1, 0.15) is 5.15 Å². The maximum Gasteiger partial charge on any atom is 0.340 e. The van der Waals surface area contributed by atoms with E-state index in [1.807, 2.05) is 24.3 Å².